The summed E-state index contributed by atoms with van der Waals surface area (Å²) < 4.78 is 44.4. The molecule has 2 N–H and O–H groups in total. The zero-order valence-corrected chi connectivity index (χ0v) is 12.9. The zero-order valence-electron chi connectivity index (χ0n) is 12.1. The molecular weight excluding hydrogens is 349 g/mol. The molecule has 0 atom stereocenters. The Bertz CT molecular complexity index is 818. The summed E-state index contributed by atoms with van der Waals surface area (Å²) in [4.78, 5) is 22.6. The lowest BCUT2D eigenvalue weighted by Crippen LogP contribution is -2.23. The van der Waals surface area contributed by atoms with Gasteiger partial charge in [0.2, 0.25) is 0 Å². The SMILES string of the molecule is NC(=O)COc1cccc(Cn2cc(C(F)(F)F)cc(Cl)c2=O)c1. The summed E-state index contributed by atoms with van der Waals surface area (Å²) in [5.41, 5.74) is 3.70. The van der Waals surface area contributed by atoms with Crippen molar-refractivity contribution in [1.29, 1.82) is 0 Å². The molecular formula is C15H12ClF3N2O3. The minimum Gasteiger partial charge on any atom is -0.484 e. The van der Waals surface area contributed by atoms with E-state index in [1.54, 1.807) is 18.2 Å². The zero-order chi connectivity index (χ0) is 17.9. The first-order chi connectivity index (χ1) is 11.2. The number of hydrogen-bond donors (Lipinski definition) is 1. The van der Waals surface area contributed by atoms with Gasteiger partial charge in [-0.1, -0.05) is 23.7 Å². The molecule has 0 aliphatic rings. The fourth-order valence-corrected chi connectivity index (χ4v) is 2.18. The molecule has 2 rings (SSSR count). The Hall–Kier alpha value is -2.48. The maximum absolute atomic E-state index is 12.8. The van der Waals surface area contributed by atoms with Crippen LogP contribution in [0.5, 0.6) is 5.75 Å². The molecule has 128 valence electrons. The topological polar surface area (TPSA) is 74.3 Å². The van der Waals surface area contributed by atoms with Crippen molar-refractivity contribution in [3.8, 4) is 5.75 Å². The quantitative estimate of drug-likeness (QED) is 0.890. The smallest absolute Gasteiger partial charge is 0.417 e. The number of halogens is 4. The lowest BCUT2D eigenvalue weighted by Gasteiger charge is -2.12. The highest BCUT2D eigenvalue weighted by Crippen LogP contribution is 2.29. The number of hydrogen-bond acceptors (Lipinski definition) is 3. The van der Waals surface area contributed by atoms with Gasteiger partial charge < -0.3 is 15.0 Å². The first-order valence-corrected chi connectivity index (χ1v) is 7.02. The predicted molar refractivity (Wildman–Crippen MR) is 80.9 cm³/mol. The number of carbonyl (C=O) groups excluding carboxylic acids is 1. The van der Waals surface area contributed by atoms with E-state index < -0.39 is 28.2 Å². The van der Waals surface area contributed by atoms with Crippen molar-refractivity contribution in [3.63, 3.8) is 0 Å². The van der Waals surface area contributed by atoms with Gasteiger partial charge in [0.05, 0.1) is 12.1 Å². The van der Waals surface area contributed by atoms with E-state index in [1.807, 2.05) is 0 Å². The number of amides is 1. The van der Waals surface area contributed by atoms with E-state index in [2.05, 4.69) is 0 Å². The van der Waals surface area contributed by atoms with Crippen LogP contribution in [0, 0.1) is 0 Å². The first-order valence-electron chi connectivity index (χ1n) is 6.64. The second-order valence-electron chi connectivity index (χ2n) is 4.91. The maximum atomic E-state index is 12.8. The molecule has 0 aliphatic heterocycles. The Kier molecular flexibility index (Phi) is 5.18. The van der Waals surface area contributed by atoms with Crippen molar-refractivity contribution < 1.29 is 22.7 Å². The number of carbonyl (C=O) groups is 1. The van der Waals surface area contributed by atoms with Gasteiger partial charge in [0.1, 0.15) is 10.8 Å². The van der Waals surface area contributed by atoms with Crippen LogP contribution in [0.25, 0.3) is 0 Å². The molecule has 24 heavy (non-hydrogen) atoms. The fourth-order valence-electron chi connectivity index (χ4n) is 1.96. The van der Waals surface area contributed by atoms with Gasteiger partial charge in [0.15, 0.2) is 6.61 Å². The molecule has 0 radical (unpaired) electrons. The van der Waals surface area contributed by atoms with E-state index in [0.29, 0.717) is 23.6 Å². The van der Waals surface area contributed by atoms with Crippen LogP contribution in [-0.2, 0) is 17.5 Å². The highest BCUT2D eigenvalue weighted by molar-refractivity contribution is 6.30. The van der Waals surface area contributed by atoms with Crippen LogP contribution < -0.4 is 16.0 Å². The molecule has 0 fully saturated rings. The summed E-state index contributed by atoms with van der Waals surface area (Å²) in [5, 5.41) is -0.522. The first kappa shape index (κ1) is 17.9. The third kappa shape index (κ3) is 4.51. The number of benzene rings is 1. The van der Waals surface area contributed by atoms with Crippen LogP contribution in [0.4, 0.5) is 13.2 Å². The second-order valence-corrected chi connectivity index (χ2v) is 5.32. The normalized spacial score (nSPS) is 11.3. The third-order valence-electron chi connectivity index (χ3n) is 3.00. The van der Waals surface area contributed by atoms with Crippen LogP contribution in [-0.4, -0.2) is 17.1 Å². The number of nitrogens with two attached hydrogens (primary N) is 1. The Morgan fingerprint density at radius 3 is 2.62 bits per heavy atom. The molecule has 1 amide bonds. The molecule has 0 saturated carbocycles. The molecule has 1 heterocycles. The standard InChI is InChI=1S/C15H12ClF3N2O3/c16-12-5-10(15(17,18)19)7-21(14(12)23)6-9-2-1-3-11(4-9)24-8-13(20)22/h1-5,7H,6,8H2,(H2,20,22). The molecule has 0 spiro atoms. The van der Waals surface area contributed by atoms with Gasteiger partial charge >= 0.3 is 6.18 Å². The summed E-state index contributed by atoms with van der Waals surface area (Å²) in [7, 11) is 0. The van der Waals surface area contributed by atoms with Gasteiger partial charge in [-0.3, -0.25) is 9.59 Å². The van der Waals surface area contributed by atoms with Crippen molar-refractivity contribution in [1.82, 2.24) is 4.57 Å². The largest absolute Gasteiger partial charge is 0.484 e. The summed E-state index contributed by atoms with van der Waals surface area (Å²) in [5.74, 6) is -0.362. The van der Waals surface area contributed by atoms with Crippen molar-refractivity contribution in [2.45, 2.75) is 12.7 Å². The van der Waals surface area contributed by atoms with Crippen LogP contribution >= 0.6 is 11.6 Å². The van der Waals surface area contributed by atoms with E-state index in [4.69, 9.17) is 22.1 Å². The number of primary amides is 1. The predicted octanol–water partition coefficient (Wildman–Crippen LogP) is 2.43. The summed E-state index contributed by atoms with van der Waals surface area (Å²) in [6, 6.07) is 6.80. The minimum atomic E-state index is -4.62. The van der Waals surface area contributed by atoms with Gasteiger partial charge in [0, 0.05) is 6.20 Å². The second kappa shape index (κ2) is 6.96. The number of rotatable bonds is 5. The van der Waals surface area contributed by atoms with Crippen molar-refractivity contribution in [3.05, 3.63) is 63.0 Å². The van der Waals surface area contributed by atoms with Gasteiger partial charge in [-0.15, -0.1) is 0 Å². The molecule has 9 heteroatoms. The number of ether oxygens (including phenoxy) is 1. The Morgan fingerprint density at radius 1 is 1.29 bits per heavy atom. The Balaban J connectivity index is 2.31. The minimum absolute atomic E-state index is 0.143. The average molecular weight is 361 g/mol. The van der Waals surface area contributed by atoms with Crippen molar-refractivity contribution in [2.24, 2.45) is 5.73 Å². The molecule has 5 nitrogen and oxygen atoms in total. The molecule has 1 aromatic carbocycles. The highest BCUT2D eigenvalue weighted by Gasteiger charge is 2.32. The third-order valence-corrected chi connectivity index (χ3v) is 3.27. The summed E-state index contributed by atoms with van der Waals surface area (Å²) in [6.45, 7) is -0.477. The van der Waals surface area contributed by atoms with Crippen molar-refractivity contribution in [2.75, 3.05) is 6.61 Å². The fraction of sp³-hybridized carbons (Fsp3) is 0.200. The van der Waals surface area contributed by atoms with Gasteiger partial charge in [-0.05, 0) is 23.8 Å². The van der Waals surface area contributed by atoms with Crippen LogP contribution in [0.3, 0.4) is 0 Å². The summed E-state index contributed by atoms with van der Waals surface area (Å²) >= 11 is 5.60. The molecule has 0 aliphatic carbocycles. The van der Waals surface area contributed by atoms with Gasteiger partial charge in [-0.25, -0.2) is 0 Å². The lowest BCUT2D eigenvalue weighted by atomic mass is 10.2. The van der Waals surface area contributed by atoms with Gasteiger partial charge in [-0.2, -0.15) is 13.2 Å². The number of aromatic nitrogens is 1. The number of pyridine rings is 1. The molecule has 0 bridgehead atoms. The average Bonchev–Trinajstić information content (AvgIpc) is 2.49. The van der Waals surface area contributed by atoms with E-state index in [1.165, 1.54) is 6.07 Å². The Labute approximate surface area is 139 Å². The van der Waals surface area contributed by atoms with Crippen LogP contribution in [0.1, 0.15) is 11.1 Å². The van der Waals surface area contributed by atoms with E-state index >= 15 is 0 Å². The van der Waals surface area contributed by atoms with E-state index in [9.17, 15) is 22.8 Å². The monoisotopic (exact) mass is 360 g/mol. The van der Waals surface area contributed by atoms with E-state index in [0.717, 1.165) is 4.57 Å². The molecule has 0 saturated heterocycles. The number of nitrogens with zero attached hydrogens (tertiary/aromatic N) is 1. The molecule has 1 aromatic heterocycles. The van der Waals surface area contributed by atoms with Gasteiger partial charge in [0.25, 0.3) is 11.5 Å². The molecule has 0 unspecified atom stereocenters. The summed E-state index contributed by atoms with van der Waals surface area (Å²) in [6.07, 6.45) is -3.92. The lowest BCUT2D eigenvalue weighted by molar-refractivity contribution is -0.138. The molecule has 2 aromatic rings. The number of alkyl halides is 3. The van der Waals surface area contributed by atoms with Crippen molar-refractivity contribution >= 4 is 17.5 Å². The van der Waals surface area contributed by atoms with Crippen LogP contribution in [0.2, 0.25) is 5.02 Å². The van der Waals surface area contributed by atoms with Crippen LogP contribution in [0.15, 0.2) is 41.3 Å². The highest BCUT2D eigenvalue weighted by atomic mass is 35.5. The Morgan fingerprint density at radius 2 is 2.00 bits per heavy atom. The maximum Gasteiger partial charge on any atom is 0.417 e. The van der Waals surface area contributed by atoms with E-state index in [-0.39, 0.29) is 13.2 Å².